The molecule has 1 aromatic carbocycles. The van der Waals surface area contributed by atoms with Gasteiger partial charge in [0.1, 0.15) is 5.82 Å². The number of halogens is 1. The Hall–Kier alpha value is -1.95. The van der Waals surface area contributed by atoms with Crippen LogP contribution in [0.4, 0.5) is 9.18 Å². The Kier molecular flexibility index (Phi) is 4.11. The highest BCUT2D eigenvalue weighted by atomic mass is 32.1. The highest BCUT2D eigenvalue weighted by Crippen LogP contribution is 2.47. The van der Waals surface area contributed by atoms with E-state index in [4.69, 9.17) is 0 Å². The van der Waals surface area contributed by atoms with Crippen LogP contribution in [0.2, 0.25) is 0 Å². The quantitative estimate of drug-likeness (QED) is 0.889. The second-order valence-electron chi connectivity index (χ2n) is 5.67. The third-order valence-corrected chi connectivity index (χ3v) is 4.88. The van der Waals surface area contributed by atoms with Crippen molar-refractivity contribution in [2.24, 2.45) is 0 Å². The molecular formula is C16H18FN3OS. The number of thiazole rings is 1. The Morgan fingerprint density at radius 2 is 2.23 bits per heavy atom. The van der Waals surface area contributed by atoms with E-state index in [1.54, 1.807) is 29.7 Å². The van der Waals surface area contributed by atoms with Gasteiger partial charge in [-0.3, -0.25) is 0 Å². The van der Waals surface area contributed by atoms with Crippen LogP contribution < -0.4 is 10.6 Å². The van der Waals surface area contributed by atoms with E-state index in [0.717, 1.165) is 28.3 Å². The van der Waals surface area contributed by atoms with Gasteiger partial charge in [-0.1, -0.05) is 12.1 Å². The molecule has 0 bridgehead atoms. The average molecular weight is 319 g/mol. The number of benzene rings is 1. The molecule has 0 radical (unpaired) electrons. The summed E-state index contributed by atoms with van der Waals surface area (Å²) in [6, 6.07) is 6.45. The fourth-order valence-electron chi connectivity index (χ4n) is 2.50. The monoisotopic (exact) mass is 319 g/mol. The molecule has 2 aromatic rings. The van der Waals surface area contributed by atoms with E-state index in [1.807, 2.05) is 13.0 Å². The molecule has 116 valence electrons. The van der Waals surface area contributed by atoms with Crippen molar-refractivity contribution in [1.82, 2.24) is 15.6 Å². The zero-order chi connectivity index (χ0) is 15.6. The van der Waals surface area contributed by atoms with Crippen molar-refractivity contribution in [2.45, 2.75) is 31.7 Å². The number of rotatable bonds is 5. The van der Waals surface area contributed by atoms with E-state index in [0.29, 0.717) is 13.1 Å². The zero-order valence-corrected chi connectivity index (χ0v) is 13.2. The number of nitrogens with one attached hydrogen (secondary N) is 2. The molecule has 6 heteroatoms. The van der Waals surface area contributed by atoms with Gasteiger partial charge < -0.3 is 10.6 Å². The Labute approximate surface area is 132 Å². The number of aryl methyl sites for hydroxylation is 1. The number of aromatic nitrogens is 1. The molecule has 0 spiro atoms. The Bertz CT molecular complexity index is 682. The predicted molar refractivity (Wildman–Crippen MR) is 84.4 cm³/mol. The summed E-state index contributed by atoms with van der Waals surface area (Å²) in [6.45, 7) is 2.94. The molecule has 1 aromatic heterocycles. The molecule has 2 N–H and O–H groups in total. The Balaban J connectivity index is 1.50. The largest absolute Gasteiger partial charge is 0.337 e. The number of hydrogen-bond donors (Lipinski definition) is 2. The van der Waals surface area contributed by atoms with Crippen LogP contribution in [-0.4, -0.2) is 17.6 Å². The predicted octanol–water partition coefficient (Wildman–Crippen LogP) is 3.12. The first kappa shape index (κ1) is 15.0. The third-order valence-electron chi connectivity index (χ3n) is 3.97. The van der Waals surface area contributed by atoms with E-state index in [1.165, 1.54) is 6.07 Å². The molecule has 0 saturated heterocycles. The molecule has 1 heterocycles. The molecule has 1 fully saturated rings. The van der Waals surface area contributed by atoms with Crippen molar-refractivity contribution in [1.29, 1.82) is 0 Å². The van der Waals surface area contributed by atoms with Crippen LogP contribution >= 0.6 is 11.3 Å². The summed E-state index contributed by atoms with van der Waals surface area (Å²) in [6.07, 6.45) is 3.73. The van der Waals surface area contributed by atoms with E-state index < -0.39 is 0 Å². The number of hydrogen-bond acceptors (Lipinski definition) is 3. The van der Waals surface area contributed by atoms with E-state index in [2.05, 4.69) is 15.6 Å². The zero-order valence-electron chi connectivity index (χ0n) is 12.4. The smallest absolute Gasteiger partial charge is 0.315 e. The fraction of sp³-hybridized carbons (Fsp3) is 0.375. The minimum absolute atomic E-state index is 0.0967. The van der Waals surface area contributed by atoms with Crippen molar-refractivity contribution in [3.05, 3.63) is 51.7 Å². The lowest BCUT2D eigenvalue weighted by atomic mass is 9.96. The molecule has 3 rings (SSSR count). The molecule has 1 aliphatic rings. The molecular weight excluding hydrogens is 301 g/mol. The average Bonchev–Trinajstić information content (AvgIpc) is 3.19. The summed E-state index contributed by atoms with van der Waals surface area (Å²) < 4.78 is 13.3. The van der Waals surface area contributed by atoms with Crippen molar-refractivity contribution in [3.63, 3.8) is 0 Å². The first-order valence-electron chi connectivity index (χ1n) is 7.26. The van der Waals surface area contributed by atoms with E-state index in [-0.39, 0.29) is 17.3 Å². The number of urea groups is 1. The first-order chi connectivity index (χ1) is 10.6. The number of amides is 2. The summed E-state index contributed by atoms with van der Waals surface area (Å²) in [5.74, 6) is -0.228. The molecule has 0 atom stereocenters. The van der Waals surface area contributed by atoms with Crippen LogP contribution in [0.15, 0.2) is 30.5 Å². The lowest BCUT2D eigenvalue weighted by Crippen LogP contribution is -2.39. The Morgan fingerprint density at radius 3 is 2.86 bits per heavy atom. The number of carbonyl (C=O) groups is 1. The standard InChI is InChI=1S/C16H18FN3OS/c1-11-18-8-14(22-11)9-19-15(21)20-10-16(5-6-16)12-3-2-4-13(17)7-12/h2-4,7-8H,5-6,9-10H2,1H3,(H2,19,20,21). The van der Waals surface area contributed by atoms with Crippen LogP contribution in [0.25, 0.3) is 0 Å². The summed E-state index contributed by atoms with van der Waals surface area (Å²) in [4.78, 5) is 17.1. The maximum Gasteiger partial charge on any atom is 0.315 e. The van der Waals surface area contributed by atoms with Gasteiger partial charge in [0, 0.05) is 23.0 Å². The maximum absolute atomic E-state index is 13.3. The van der Waals surface area contributed by atoms with Gasteiger partial charge in [0.05, 0.1) is 11.6 Å². The molecule has 1 aliphatic carbocycles. The fourth-order valence-corrected chi connectivity index (χ4v) is 3.24. The number of nitrogens with zero attached hydrogens (tertiary/aromatic N) is 1. The minimum atomic E-state index is -0.228. The van der Waals surface area contributed by atoms with Crippen molar-refractivity contribution < 1.29 is 9.18 Å². The van der Waals surface area contributed by atoms with Crippen LogP contribution in [0, 0.1) is 12.7 Å². The molecule has 22 heavy (non-hydrogen) atoms. The molecule has 0 aliphatic heterocycles. The lowest BCUT2D eigenvalue weighted by Gasteiger charge is -2.17. The Morgan fingerprint density at radius 1 is 1.41 bits per heavy atom. The molecule has 1 saturated carbocycles. The minimum Gasteiger partial charge on any atom is -0.337 e. The van der Waals surface area contributed by atoms with Crippen molar-refractivity contribution >= 4 is 17.4 Å². The molecule has 2 amide bonds. The van der Waals surface area contributed by atoms with Crippen LogP contribution in [0.3, 0.4) is 0 Å². The van der Waals surface area contributed by atoms with Gasteiger partial charge in [-0.2, -0.15) is 0 Å². The lowest BCUT2D eigenvalue weighted by molar-refractivity contribution is 0.239. The summed E-state index contributed by atoms with van der Waals surface area (Å²) >= 11 is 1.57. The third kappa shape index (κ3) is 3.44. The van der Waals surface area contributed by atoms with Gasteiger partial charge in [-0.05, 0) is 37.5 Å². The second-order valence-corrected chi connectivity index (χ2v) is 6.99. The maximum atomic E-state index is 13.3. The van der Waals surface area contributed by atoms with E-state index >= 15 is 0 Å². The highest BCUT2D eigenvalue weighted by molar-refractivity contribution is 7.11. The summed E-state index contributed by atoms with van der Waals surface area (Å²) in [5.41, 5.74) is 0.867. The number of carbonyl (C=O) groups excluding carboxylic acids is 1. The molecule has 4 nitrogen and oxygen atoms in total. The first-order valence-corrected chi connectivity index (χ1v) is 8.08. The van der Waals surface area contributed by atoms with Crippen molar-refractivity contribution in [3.8, 4) is 0 Å². The van der Waals surface area contributed by atoms with Gasteiger partial charge in [-0.15, -0.1) is 11.3 Å². The van der Waals surface area contributed by atoms with Gasteiger partial charge in [0.25, 0.3) is 0 Å². The van der Waals surface area contributed by atoms with Crippen molar-refractivity contribution in [2.75, 3.05) is 6.54 Å². The summed E-state index contributed by atoms with van der Waals surface area (Å²) in [5, 5.41) is 6.70. The van der Waals surface area contributed by atoms with Gasteiger partial charge >= 0.3 is 6.03 Å². The van der Waals surface area contributed by atoms with E-state index in [9.17, 15) is 9.18 Å². The topological polar surface area (TPSA) is 54.0 Å². The second kappa shape index (κ2) is 6.04. The molecule has 0 unspecified atom stereocenters. The summed E-state index contributed by atoms with van der Waals surface area (Å²) in [7, 11) is 0. The highest BCUT2D eigenvalue weighted by Gasteiger charge is 2.44. The van der Waals surface area contributed by atoms with Crippen LogP contribution in [0.5, 0.6) is 0 Å². The van der Waals surface area contributed by atoms with Crippen LogP contribution in [0.1, 0.15) is 28.3 Å². The van der Waals surface area contributed by atoms with Gasteiger partial charge in [-0.25, -0.2) is 14.2 Å². The van der Waals surface area contributed by atoms with Crippen LogP contribution in [-0.2, 0) is 12.0 Å². The SMILES string of the molecule is Cc1ncc(CNC(=O)NCC2(c3cccc(F)c3)CC2)s1. The normalized spacial score (nSPS) is 15.4. The van der Waals surface area contributed by atoms with Gasteiger partial charge in [0.2, 0.25) is 0 Å². The van der Waals surface area contributed by atoms with Gasteiger partial charge in [0.15, 0.2) is 0 Å².